The van der Waals surface area contributed by atoms with Crippen molar-refractivity contribution in [2.24, 2.45) is 5.84 Å². The first-order valence-corrected chi connectivity index (χ1v) is 7.51. The maximum absolute atomic E-state index is 5.78. The molecule has 1 saturated heterocycles. The molecule has 0 aromatic carbocycles. The van der Waals surface area contributed by atoms with Gasteiger partial charge in [-0.15, -0.1) is 0 Å². The standard InChI is InChI=1S/C14H30N2O2/c1-3-7-14(17-4-2)13(16-15)10-5-8-12-9-6-11-18-12/h12-14,16H,3-11,15H2,1-2H3. The van der Waals surface area contributed by atoms with Gasteiger partial charge in [-0.25, -0.2) is 0 Å². The molecule has 0 radical (unpaired) electrons. The van der Waals surface area contributed by atoms with Crippen molar-refractivity contribution in [3.63, 3.8) is 0 Å². The van der Waals surface area contributed by atoms with Crippen LogP contribution in [-0.4, -0.2) is 31.5 Å². The van der Waals surface area contributed by atoms with Crippen LogP contribution in [0.15, 0.2) is 0 Å². The monoisotopic (exact) mass is 258 g/mol. The third kappa shape index (κ3) is 5.65. The van der Waals surface area contributed by atoms with Crippen LogP contribution in [0.4, 0.5) is 0 Å². The largest absolute Gasteiger partial charge is 0.378 e. The molecule has 0 amide bonds. The van der Waals surface area contributed by atoms with E-state index >= 15 is 0 Å². The highest BCUT2D eigenvalue weighted by molar-refractivity contribution is 4.76. The molecule has 0 spiro atoms. The summed E-state index contributed by atoms with van der Waals surface area (Å²) in [7, 11) is 0. The van der Waals surface area contributed by atoms with Crippen LogP contribution in [0.25, 0.3) is 0 Å². The second-order valence-corrected chi connectivity index (χ2v) is 5.12. The summed E-state index contributed by atoms with van der Waals surface area (Å²) in [5, 5.41) is 0. The van der Waals surface area contributed by atoms with Crippen molar-refractivity contribution in [3.05, 3.63) is 0 Å². The van der Waals surface area contributed by atoms with Gasteiger partial charge in [0, 0.05) is 19.3 Å². The van der Waals surface area contributed by atoms with Gasteiger partial charge in [0.25, 0.3) is 0 Å². The summed E-state index contributed by atoms with van der Waals surface area (Å²) >= 11 is 0. The molecule has 0 saturated carbocycles. The Hall–Kier alpha value is -0.160. The average Bonchev–Trinajstić information content (AvgIpc) is 2.88. The number of hydrazine groups is 1. The van der Waals surface area contributed by atoms with E-state index in [1.54, 1.807) is 0 Å². The van der Waals surface area contributed by atoms with Crippen LogP contribution in [0.1, 0.15) is 58.8 Å². The molecule has 1 fully saturated rings. The Kier molecular flexibility index (Phi) is 8.59. The molecule has 1 heterocycles. The van der Waals surface area contributed by atoms with E-state index < -0.39 is 0 Å². The smallest absolute Gasteiger partial charge is 0.0741 e. The zero-order chi connectivity index (χ0) is 13.2. The maximum Gasteiger partial charge on any atom is 0.0741 e. The van der Waals surface area contributed by atoms with E-state index in [2.05, 4.69) is 12.3 Å². The van der Waals surface area contributed by atoms with Crippen LogP contribution in [0, 0.1) is 0 Å². The average molecular weight is 258 g/mol. The first kappa shape index (κ1) is 15.9. The molecular weight excluding hydrogens is 228 g/mol. The van der Waals surface area contributed by atoms with Crippen molar-refractivity contribution in [2.45, 2.75) is 77.0 Å². The summed E-state index contributed by atoms with van der Waals surface area (Å²) in [6.07, 6.45) is 8.77. The Morgan fingerprint density at radius 3 is 2.78 bits per heavy atom. The van der Waals surface area contributed by atoms with Crippen molar-refractivity contribution in [1.29, 1.82) is 0 Å². The van der Waals surface area contributed by atoms with Crippen LogP contribution in [0.3, 0.4) is 0 Å². The lowest BCUT2D eigenvalue weighted by molar-refractivity contribution is 0.0237. The number of rotatable bonds is 10. The number of nitrogens with one attached hydrogen (secondary N) is 1. The molecule has 108 valence electrons. The fourth-order valence-electron chi connectivity index (χ4n) is 2.71. The highest BCUT2D eigenvalue weighted by Crippen LogP contribution is 2.19. The normalized spacial score (nSPS) is 23.2. The minimum atomic E-state index is 0.245. The van der Waals surface area contributed by atoms with E-state index in [-0.39, 0.29) is 12.1 Å². The Morgan fingerprint density at radius 1 is 1.39 bits per heavy atom. The van der Waals surface area contributed by atoms with E-state index in [4.69, 9.17) is 15.3 Å². The quantitative estimate of drug-likeness (QED) is 0.466. The number of hydrogen-bond acceptors (Lipinski definition) is 4. The van der Waals surface area contributed by atoms with Crippen molar-refractivity contribution in [2.75, 3.05) is 13.2 Å². The molecule has 0 aromatic heterocycles. The van der Waals surface area contributed by atoms with Gasteiger partial charge >= 0.3 is 0 Å². The van der Waals surface area contributed by atoms with Crippen molar-refractivity contribution < 1.29 is 9.47 Å². The third-order valence-corrected chi connectivity index (χ3v) is 3.68. The summed E-state index contributed by atoms with van der Waals surface area (Å²) in [4.78, 5) is 0. The molecule has 18 heavy (non-hydrogen) atoms. The Labute approximate surface area is 112 Å². The second-order valence-electron chi connectivity index (χ2n) is 5.12. The van der Waals surface area contributed by atoms with Crippen LogP contribution in [0.2, 0.25) is 0 Å². The van der Waals surface area contributed by atoms with E-state index in [0.29, 0.717) is 6.10 Å². The highest BCUT2D eigenvalue weighted by Gasteiger charge is 2.21. The first-order chi connectivity index (χ1) is 8.81. The molecule has 1 aliphatic rings. The molecule has 1 rings (SSSR count). The van der Waals surface area contributed by atoms with Crippen LogP contribution in [0.5, 0.6) is 0 Å². The van der Waals surface area contributed by atoms with Crippen molar-refractivity contribution >= 4 is 0 Å². The molecule has 3 unspecified atom stereocenters. The van der Waals surface area contributed by atoms with E-state index in [1.165, 1.54) is 12.8 Å². The van der Waals surface area contributed by atoms with Crippen LogP contribution >= 0.6 is 0 Å². The fraction of sp³-hybridized carbons (Fsp3) is 1.00. The van der Waals surface area contributed by atoms with Gasteiger partial charge in [-0.2, -0.15) is 0 Å². The summed E-state index contributed by atoms with van der Waals surface area (Å²) in [5.41, 5.74) is 2.93. The van der Waals surface area contributed by atoms with Gasteiger partial charge in [0.2, 0.25) is 0 Å². The SMILES string of the molecule is CCCC(OCC)C(CCCC1CCCO1)NN. The zero-order valence-corrected chi connectivity index (χ0v) is 12.0. The lowest BCUT2D eigenvalue weighted by Gasteiger charge is -2.26. The topological polar surface area (TPSA) is 56.5 Å². The highest BCUT2D eigenvalue weighted by atomic mass is 16.5. The second kappa shape index (κ2) is 9.73. The van der Waals surface area contributed by atoms with Crippen molar-refractivity contribution in [1.82, 2.24) is 5.43 Å². The Morgan fingerprint density at radius 2 is 2.22 bits per heavy atom. The Balaban J connectivity index is 2.24. The van der Waals surface area contributed by atoms with Crippen molar-refractivity contribution in [3.8, 4) is 0 Å². The molecule has 1 aliphatic heterocycles. The summed E-state index contributed by atoms with van der Waals surface area (Å²) in [6.45, 7) is 5.93. The minimum absolute atomic E-state index is 0.245. The Bertz CT molecular complexity index is 190. The number of hydrogen-bond donors (Lipinski definition) is 2. The zero-order valence-electron chi connectivity index (χ0n) is 12.0. The van der Waals surface area contributed by atoms with E-state index in [1.807, 2.05) is 6.92 Å². The number of nitrogens with two attached hydrogens (primary N) is 1. The third-order valence-electron chi connectivity index (χ3n) is 3.68. The predicted octanol–water partition coefficient (Wildman–Crippen LogP) is 2.37. The van der Waals surface area contributed by atoms with Crippen LogP contribution < -0.4 is 11.3 Å². The fourth-order valence-corrected chi connectivity index (χ4v) is 2.71. The predicted molar refractivity (Wildman–Crippen MR) is 74.3 cm³/mol. The first-order valence-electron chi connectivity index (χ1n) is 7.51. The summed E-state index contributed by atoms with van der Waals surface area (Å²) in [5.74, 6) is 5.67. The van der Waals surface area contributed by atoms with Crippen LogP contribution in [-0.2, 0) is 9.47 Å². The molecule has 3 atom stereocenters. The van der Waals surface area contributed by atoms with Gasteiger partial charge in [0.05, 0.1) is 12.2 Å². The van der Waals surface area contributed by atoms with Gasteiger partial charge in [-0.1, -0.05) is 13.3 Å². The lowest BCUT2D eigenvalue weighted by atomic mass is 9.99. The van der Waals surface area contributed by atoms with Gasteiger partial charge in [0.15, 0.2) is 0 Å². The van der Waals surface area contributed by atoms with Gasteiger partial charge in [-0.3, -0.25) is 11.3 Å². The minimum Gasteiger partial charge on any atom is -0.378 e. The van der Waals surface area contributed by atoms with Gasteiger partial charge in [0.1, 0.15) is 0 Å². The van der Waals surface area contributed by atoms with Gasteiger partial charge in [-0.05, 0) is 45.4 Å². The molecular formula is C14H30N2O2. The van der Waals surface area contributed by atoms with E-state index in [9.17, 15) is 0 Å². The molecule has 0 bridgehead atoms. The molecule has 3 N–H and O–H groups in total. The summed E-state index contributed by atoms with van der Waals surface area (Å²) in [6, 6.07) is 0.270. The summed E-state index contributed by atoms with van der Waals surface area (Å²) < 4.78 is 11.4. The molecule has 0 aromatic rings. The lowest BCUT2D eigenvalue weighted by Crippen LogP contribution is -2.45. The van der Waals surface area contributed by atoms with Gasteiger partial charge < -0.3 is 9.47 Å². The molecule has 4 heteroatoms. The maximum atomic E-state index is 5.78. The number of ether oxygens (including phenoxy) is 2. The molecule has 4 nitrogen and oxygen atoms in total. The van der Waals surface area contributed by atoms with E-state index in [0.717, 1.165) is 45.3 Å². The molecule has 0 aliphatic carbocycles.